The highest BCUT2D eigenvalue weighted by Gasteiger charge is 2.15. The first kappa shape index (κ1) is 18.3. The van der Waals surface area contributed by atoms with Crippen LogP contribution in [-0.4, -0.2) is 25.2 Å². The molecule has 0 saturated carbocycles. The van der Waals surface area contributed by atoms with Crippen molar-refractivity contribution in [2.75, 3.05) is 25.6 Å². The van der Waals surface area contributed by atoms with Gasteiger partial charge in [-0.25, -0.2) is 0 Å². The molecule has 4 heteroatoms. The average Bonchev–Trinajstić information content (AvgIpc) is 2.54. The predicted octanol–water partition coefficient (Wildman–Crippen LogP) is 3.59. The zero-order valence-electron chi connectivity index (χ0n) is 15.2. The first-order valence-electron chi connectivity index (χ1n) is 8.59. The Morgan fingerprint density at radius 1 is 1.21 bits per heavy atom. The van der Waals surface area contributed by atoms with Gasteiger partial charge < -0.3 is 15.0 Å². The van der Waals surface area contributed by atoms with Crippen LogP contribution >= 0.6 is 0 Å². The molecule has 0 spiro atoms. The summed E-state index contributed by atoms with van der Waals surface area (Å²) in [6.07, 6.45) is 2.54. The van der Waals surface area contributed by atoms with Crippen molar-refractivity contribution in [3.05, 3.63) is 62.6 Å². The van der Waals surface area contributed by atoms with Crippen molar-refractivity contribution < 1.29 is 4.74 Å². The third kappa shape index (κ3) is 4.48. The average molecular weight is 328 g/mol. The van der Waals surface area contributed by atoms with Crippen LogP contribution in [0.25, 0.3) is 0 Å². The van der Waals surface area contributed by atoms with Gasteiger partial charge in [0.05, 0.1) is 0 Å². The fraction of sp³-hybridized carbons (Fsp3) is 0.450. The quantitative estimate of drug-likeness (QED) is 0.728. The van der Waals surface area contributed by atoms with Crippen molar-refractivity contribution in [2.24, 2.45) is 0 Å². The van der Waals surface area contributed by atoms with Gasteiger partial charge in [-0.1, -0.05) is 36.8 Å². The van der Waals surface area contributed by atoms with Crippen molar-refractivity contribution in [3.8, 4) is 0 Å². The second-order valence-electron chi connectivity index (χ2n) is 6.20. The third-order valence-corrected chi connectivity index (χ3v) is 4.29. The predicted molar refractivity (Wildman–Crippen MR) is 100 cm³/mol. The maximum absolute atomic E-state index is 12.5. The summed E-state index contributed by atoms with van der Waals surface area (Å²) in [4.78, 5) is 15.5. The van der Waals surface area contributed by atoms with Crippen LogP contribution in [0.3, 0.4) is 0 Å². The lowest BCUT2D eigenvalue weighted by molar-refractivity contribution is 0.198. The first-order chi connectivity index (χ1) is 11.6. The summed E-state index contributed by atoms with van der Waals surface area (Å²) in [6.45, 7) is 7.62. The number of aromatic amines is 1. The molecule has 0 fully saturated rings. The standard InChI is InChI=1S/C20H28N2O2/c1-5-17-15(3)22-20(23)19(21-10-7-11-24-4)18(17)13-16-9-6-8-14(2)12-16/h6,8-9,12,21H,5,7,10-11,13H2,1-4H3,(H,22,23). The lowest BCUT2D eigenvalue weighted by atomic mass is 9.95. The summed E-state index contributed by atoms with van der Waals surface area (Å²) >= 11 is 0. The fourth-order valence-corrected chi connectivity index (χ4v) is 3.14. The lowest BCUT2D eigenvalue weighted by Gasteiger charge is -2.17. The normalized spacial score (nSPS) is 10.8. The largest absolute Gasteiger partial charge is 0.385 e. The Hall–Kier alpha value is -2.07. The van der Waals surface area contributed by atoms with Gasteiger partial charge in [-0.2, -0.15) is 0 Å². The molecular formula is C20H28N2O2. The zero-order chi connectivity index (χ0) is 17.5. The third-order valence-electron chi connectivity index (χ3n) is 4.29. The SMILES string of the molecule is CCc1c(C)[nH]c(=O)c(NCCCOC)c1Cc1cccc(C)c1. The number of H-pyrrole nitrogens is 1. The monoisotopic (exact) mass is 328 g/mol. The molecule has 24 heavy (non-hydrogen) atoms. The molecule has 130 valence electrons. The maximum Gasteiger partial charge on any atom is 0.271 e. The van der Waals surface area contributed by atoms with E-state index >= 15 is 0 Å². The number of rotatable bonds is 8. The van der Waals surface area contributed by atoms with Crippen molar-refractivity contribution in [2.45, 2.75) is 40.0 Å². The van der Waals surface area contributed by atoms with Gasteiger partial charge in [0.2, 0.25) is 0 Å². The molecule has 0 amide bonds. The highest BCUT2D eigenvalue weighted by Crippen LogP contribution is 2.23. The van der Waals surface area contributed by atoms with E-state index in [4.69, 9.17) is 4.74 Å². The second kappa shape index (κ2) is 8.69. The number of ether oxygens (including phenoxy) is 1. The van der Waals surface area contributed by atoms with Crippen molar-refractivity contribution in [1.82, 2.24) is 4.98 Å². The molecule has 2 N–H and O–H groups in total. The number of pyridine rings is 1. The van der Waals surface area contributed by atoms with Gasteiger partial charge in [-0.15, -0.1) is 0 Å². The van der Waals surface area contributed by atoms with Crippen LogP contribution in [-0.2, 0) is 17.6 Å². The van der Waals surface area contributed by atoms with E-state index in [1.54, 1.807) is 7.11 Å². The molecule has 0 saturated heterocycles. The Kier molecular flexibility index (Phi) is 6.62. The van der Waals surface area contributed by atoms with Gasteiger partial charge in [-0.3, -0.25) is 4.79 Å². The number of benzene rings is 1. The van der Waals surface area contributed by atoms with E-state index in [0.29, 0.717) is 12.3 Å². The minimum atomic E-state index is -0.0373. The van der Waals surface area contributed by atoms with E-state index in [1.165, 1.54) is 16.7 Å². The van der Waals surface area contributed by atoms with Crippen LogP contribution in [0, 0.1) is 13.8 Å². The Balaban J connectivity index is 2.39. The lowest BCUT2D eigenvalue weighted by Crippen LogP contribution is -2.21. The summed E-state index contributed by atoms with van der Waals surface area (Å²) in [5, 5.41) is 3.33. The molecule has 1 aromatic heterocycles. The van der Waals surface area contributed by atoms with Crippen molar-refractivity contribution >= 4 is 5.69 Å². The van der Waals surface area contributed by atoms with Crippen LogP contribution in [0.2, 0.25) is 0 Å². The summed E-state index contributed by atoms with van der Waals surface area (Å²) in [5.41, 5.74) is 6.44. The second-order valence-corrected chi connectivity index (χ2v) is 6.20. The van der Waals surface area contributed by atoms with E-state index in [2.05, 4.69) is 48.4 Å². The molecular weight excluding hydrogens is 300 g/mol. The van der Waals surface area contributed by atoms with E-state index < -0.39 is 0 Å². The van der Waals surface area contributed by atoms with Crippen molar-refractivity contribution in [1.29, 1.82) is 0 Å². The minimum absolute atomic E-state index is 0.0373. The van der Waals surface area contributed by atoms with Crippen LogP contribution in [0.4, 0.5) is 5.69 Å². The number of anilines is 1. The minimum Gasteiger partial charge on any atom is -0.385 e. The molecule has 0 aliphatic heterocycles. The molecule has 2 rings (SSSR count). The zero-order valence-corrected chi connectivity index (χ0v) is 15.2. The van der Waals surface area contributed by atoms with Gasteiger partial charge in [0, 0.05) is 32.4 Å². The van der Waals surface area contributed by atoms with Gasteiger partial charge in [0.25, 0.3) is 5.56 Å². The number of hydrogen-bond donors (Lipinski definition) is 2. The molecule has 0 unspecified atom stereocenters. The van der Waals surface area contributed by atoms with E-state index in [1.807, 2.05) is 6.92 Å². The first-order valence-corrected chi connectivity index (χ1v) is 8.59. The van der Waals surface area contributed by atoms with Gasteiger partial charge in [0.1, 0.15) is 5.69 Å². The molecule has 0 bridgehead atoms. The number of aryl methyl sites for hydroxylation is 2. The maximum atomic E-state index is 12.5. The Labute approximate surface area is 144 Å². The molecule has 1 heterocycles. The highest BCUT2D eigenvalue weighted by atomic mass is 16.5. The molecule has 1 aromatic carbocycles. The van der Waals surface area contributed by atoms with Gasteiger partial charge in [0.15, 0.2) is 0 Å². The summed E-state index contributed by atoms with van der Waals surface area (Å²) in [5.74, 6) is 0. The van der Waals surface area contributed by atoms with E-state index in [9.17, 15) is 4.79 Å². The van der Waals surface area contributed by atoms with E-state index in [0.717, 1.165) is 37.1 Å². The highest BCUT2D eigenvalue weighted by molar-refractivity contribution is 5.56. The summed E-state index contributed by atoms with van der Waals surface area (Å²) in [6, 6.07) is 8.47. The fourth-order valence-electron chi connectivity index (χ4n) is 3.14. The Bertz CT molecular complexity index is 735. The number of aromatic nitrogens is 1. The Morgan fingerprint density at radius 3 is 2.67 bits per heavy atom. The van der Waals surface area contributed by atoms with Crippen molar-refractivity contribution in [3.63, 3.8) is 0 Å². The molecule has 0 aliphatic carbocycles. The van der Waals surface area contributed by atoms with Gasteiger partial charge in [-0.05, 0) is 43.4 Å². The molecule has 4 nitrogen and oxygen atoms in total. The number of hydrogen-bond acceptors (Lipinski definition) is 3. The molecule has 0 radical (unpaired) electrons. The topological polar surface area (TPSA) is 54.1 Å². The smallest absolute Gasteiger partial charge is 0.271 e. The van der Waals surface area contributed by atoms with Crippen LogP contribution in [0.5, 0.6) is 0 Å². The van der Waals surface area contributed by atoms with Crippen LogP contribution < -0.4 is 10.9 Å². The molecule has 0 aliphatic rings. The summed E-state index contributed by atoms with van der Waals surface area (Å²) < 4.78 is 5.09. The number of nitrogens with one attached hydrogen (secondary N) is 2. The number of methoxy groups -OCH3 is 1. The molecule has 2 aromatic rings. The molecule has 0 atom stereocenters. The Morgan fingerprint density at radius 2 is 2.00 bits per heavy atom. The van der Waals surface area contributed by atoms with Gasteiger partial charge >= 0.3 is 0 Å². The van der Waals surface area contributed by atoms with Crippen LogP contribution in [0.1, 0.15) is 41.3 Å². The van der Waals surface area contributed by atoms with E-state index in [-0.39, 0.29) is 5.56 Å². The van der Waals surface area contributed by atoms with Crippen LogP contribution in [0.15, 0.2) is 29.1 Å². The summed E-state index contributed by atoms with van der Waals surface area (Å²) in [7, 11) is 1.69.